The normalized spacial score (nSPS) is 12.0. The molecule has 2 aromatic carbocycles. The molecule has 0 radical (unpaired) electrons. The van der Waals surface area contributed by atoms with Crippen molar-refractivity contribution in [2.24, 2.45) is 0 Å². The minimum Gasteiger partial charge on any atom is -0.444 e. The summed E-state index contributed by atoms with van der Waals surface area (Å²) in [5.74, 6) is -2.04. The van der Waals surface area contributed by atoms with E-state index in [0.717, 1.165) is 29.3 Å². The Labute approximate surface area is 192 Å². The smallest absolute Gasteiger partial charge is 0.410 e. The quantitative estimate of drug-likeness (QED) is 0.598. The molecule has 0 aliphatic carbocycles. The van der Waals surface area contributed by atoms with E-state index in [1.54, 1.807) is 46.0 Å². The fourth-order valence-corrected chi connectivity index (χ4v) is 3.26. The van der Waals surface area contributed by atoms with Crippen molar-refractivity contribution in [2.45, 2.75) is 38.8 Å². The van der Waals surface area contributed by atoms with Gasteiger partial charge in [-0.05, 0) is 56.7 Å². The Morgan fingerprint density at radius 2 is 1.73 bits per heavy atom. The molecule has 0 bridgehead atoms. The summed E-state index contributed by atoms with van der Waals surface area (Å²) in [7, 11) is 4.67. The van der Waals surface area contributed by atoms with Gasteiger partial charge in [-0.25, -0.2) is 13.6 Å². The monoisotopic (exact) mass is 460 g/mol. The first-order valence-corrected chi connectivity index (χ1v) is 10.4. The molecule has 9 heteroatoms. The highest BCUT2D eigenvalue weighted by atomic mass is 19.1. The van der Waals surface area contributed by atoms with E-state index in [2.05, 4.69) is 5.32 Å². The van der Waals surface area contributed by atoms with Crippen LogP contribution in [-0.2, 0) is 16.0 Å². The molecule has 2 amide bonds. The van der Waals surface area contributed by atoms with Crippen LogP contribution in [0.25, 0.3) is 0 Å². The number of hydrogen-bond acceptors (Lipinski definition) is 5. The van der Waals surface area contributed by atoms with E-state index in [0.29, 0.717) is 16.9 Å². The van der Waals surface area contributed by atoms with Crippen LogP contribution in [0.4, 0.5) is 25.0 Å². The molecule has 0 spiro atoms. The third-order valence-corrected chi connectivity index (χ3v) is 4.96. The third kappa shape index (κ3) is 6.74. The predicted octanol–water partition coefficient (Wildman–Crippen LogP) is 4.45. The van der Waals surface area contributed by atoms with Crippen molar-refractivity contribution in [3.63, 3.8) is 0 Å². The van der Waals surface area contributed by atoms with Crippen molar-refractivity contribution in [2.75, 3.05) is 31.4 Å². The summed E-state index contributed by atoms with van der Waals surface area (Å²) >= 11 is 0. The average Bonchev–Trinajstić information content (AvgIpc) is 2.73. The maximum atomic E-state index is 13.8. The summed E-state index contributed by atoms with van der Waals surface area (Å²) in [6.45, 7) is 5.10. The molecule has 7 nitrogen and oxygen atoms in total. The van der Waals surface area contributed by atoms with Crippen LogP contribution in [0.2, 0.25) is 0 Å². The summed E-state index contributed by atoms with van der Waals surface area (Å²) in [5.41, 5.74) is 1.20. The van der Waals surface area contributed by atoms with Gasteiger partial charge >= 0.3 is 6.09 Å². The Bertz CT molecular complexity index is 1020. The second-order valence-electron chi connectivity index (χ2n) is 8.65. The average molecular weight is 461 g/mol. The number of nitrogens with zero attached hydrogens (tertiary/aromatic N) is 2. The largest absolute Gasteiger partial charge is 0.444 e. The van der Waals surface area contributed by atoms with Crippen LogP contribution >= 0.6 is 0 Å². The van der Waals surface area contributed by atoms with Crippen LogP contribution in [0.1, 0.15) is 31.9 Å². The van der Waals surface area contributed by atoms with Crippen LogP contribution in [0, 0.1) is 17.0 Å². The first-order valence-electron chi connectivity index (χ1n) is 10.4. The van der Waals surface area contributed by atoms with Crippen molar-refractivity contribution >= 4 is 29.6 Å². The van der Waals surface area contributed by atoms with Gasteiger partial charge in [-0.3, -0.25) is 9.69 Å². The molecule has 2 N–H and O–H groups in total. The SMILES string of the molecule is CNc1ccc(N(C)C(=O)[C@H](Cc2cc(F)cc(F)c2)N(C)C(=O)OC(C)(C)C)cc1C=N. The highest BCUT2D eigenvalue weighted by Crippen LogP contribution is 2.24. The highest BCUT2D eigenvalue weighted by molar-refractivity contribution is 5.99. The lowest BCUT2D eigenvalue weighted by molar-refractivity contribution is -0.123. The Hall–Kier alpha value is -3.49. The van der Waals surface area contributed by atoms with Gasteiger partial charge in [-0.15, -0.1) is 0 Å². The lowest BCUT2D eigenvalue weighted by Gasteiger charge is -2.32. The van der Waals surface area contributed by atoms with Crippen molar-refractivity contribution in [3.05, 3.63) is 59.2 Å². The molecule has 0 saturated carbocycles. The molecule has 0 heterocycles. The number of carbonyl (C=O) groups excluding carboxylic acids is 2. The van der Waals surface area contributed by atoms with E-state index in [-0.39, 0.29) is 12.0 Å². The lowest BCUT2D eigenvalue weighted by atomic mass is 10.0. The molecule has 33 heavy (non-hydrogen) atoms. The second-order valence-corrected chi connectivity index (χ2v) is 8.65. The topological polar surface area (TPSA) is 85.7 Å². The molecule has 2 aromatic rings. The molecule has 178 valence electrons. The van der Waals surface area contributed by atoms with Gasteiger partial charge in [0, 0.05) is 56.8 Å². The number of likely N-dealkylation sites (N-methyl/N-ethyl adjacent to an activating group) is 2. The van der Waals surface area contributed by atoms with Crippen LogP contribution in [-0.4, -0.2) is 55.9 Å². The lowest BCUT2D eigenvalue weighted by Crippen LogP contribution is -2.50. The molecule has 0 unspecified atom stereocenters. The molecule has 0 aromatic heterocycles. The summed E-state index contributed by atoms with van der Waals surface area (Å²) < 4.78 is 32.9. The zero-order chi connectivity index (χ0) is 24.9. The van der Waals surface area contributed by atoms with Crippen molar-refractivity contribution < 1.29 is 23.1 Å². The van der Waals surface area contributed by atoms with Crippen LogP contribution in [0.3, 0.4) is 0 Å². The van der Waals surface area contributed by atoms with E-state index in [1.165, 1.54) is 19.0 Å². The second kappa shape index (κ2) is 10.4. The number of rotatable bonds is 7. The number of hydrogen-bond donors (Lipinski definition) is 2. The standard InChI is InChI=1S/C24H30F2N4O3/c1-24(2,3)33-23(32)30(6)21(11-15-9-17(25)13-18(26)10-15)22(31)29(5)19-7-8-20(28-4)16(12-19)14-27/h7-10,12-14,21,27-28H,11H2,1-6H3/t21-/m0/s1. The first kappa shape index (κ1) is 25.8. The zero-order valence-corrected chi connectivity index (χ0v) is 19.7. The van der Waals surface area contributed by atoms with E-state index >= 15 is 0 Å². The Balaban J connectivity index is 2.43. The van der Waals surface area contributed by atoms with Crippen LogP contribution < -0.4 is 10.2 Å². The van der Waals surface area contributed by atoms with E-state index in [4.69, 9.17) is 10.1 Å². The summed E-state index contributed by atoms with van der Waals surface area (Å²) in [5, 5.41) is 10.6. The van der Waals surface area contributed by atoms with E-state index < -0.39 is 35.3 Å². The first-order chi connectivity index (χ1) is 15.4. The molecule has 2 rings (SSSR count). The summed E-state index contributed by atoms with van der Waals surface area (Å²) in [6.07, 6.45) is 0.296. The van der Waals surface area contributed by atoms with Gasteiger partial charge in [0.05, 0.1) is 0 Å². The number of benzene rings is 2. The fourth-order valence-electron chi connectivity index (χ4n) is 3.26. The molecular weight excluding hydrogens is 430 g/mol. The van der Waals surface area contributed by atoms with Crippen molar-refractivity contribution in [1.82, 2.24) is 4.90 Å². The maximum Gasteiger partial charge on any atom is 0.410 e. The fraction of sp³-hybridized carbons (Fsp3) is 0.375. The van der Waals surface area contributed by atoms with Crippen molar-refractivity contribution in [1.29, 1.82) is 5.41 Å². The molecule has 1 atom stereocenters. The zero-order valence-electron chi connectivity index (χ0n) is 19.7. The van der Waals surface area contributed by atoms with Crippen LogP contribution in [0.5, 0.6) is 0 Å². The minimum atomic E-state index is -1.10. The summed E-state index contributed by atoms with van der Waals surface area (Å²) in [4.78, 5) is 28.7. The van der Waals surface area contributed by atoms with E-state index in [9.17, 15) is 18.4 Å². The predicted molar refractivity (Wildman–Crippen MR) is 125 cm³/mol. The van der Waals surface area contributed by atoms with Gasteiger partial charge < -0.3 is 20.4 Å². The van der Waals surface area contributed by atoms with E-state index in [1.807, 2.05) is 0 Å². The van der Waals surface area contributed by atoms with Crippen molar-refractivity contribution in [3.8, 4) is 0 Å². The summed E-state index contributed by atoms with van der Waals surface area (Å²) in [6, 6.07) is 6.98. The Morgan fingerprint density at radius 1 is 1.12 bits per heavy atom. The Kier molecular flexibility index (Phi) is 8.13. The Morgan fingerprint density at radius 3 is 2.24 bits per heavy atom. The number of amides is 2. The van der Waals surface area contributed by atoms with Crippen LogP contribution in [0.15, 0.2) is 36.4 Å². The number of carbonyl (C=O) groups is 2. The third-order valence-electron chi connectivity index (χ3n) is 4.96. The molecule has 0 saturated heterocycles. The van der Waals surface area contributed by atoms with Gasteiger partial charge in [-0.2, -0.15) is 0 Å². The van der Waals surface area contributed by atoms with Gasteiger partial charge in [0.15, 0.2) is 0 Å². The molecule has 0 fully saturated rings. The van der Waals surface area contributed by atoms with Gasteiger partial charge in [0.25, 0.3) is 0 Å². The molecule has 0 aliphatic rings. The number of halogens is 2. The number of anilines is 2. The minimum absolute atomic E-state index is 0.125. The molecular formula is C24H30F2N4O3. The number of nitrogens with one attached hydrogen (secondary N) is 2. The van der Waals surface area contributed by atoms with Gasteiger partial charge in [0.1, 0.15) is 23.3 Å². The van der Waals surface area contributed by atoms with Gasteiger partial charge in [-0.1, -0.05) is 0 Å². The highest BCUT2D eigenvalue weighted by Gasteiger charge is 2.33. The maximum absolute atomic E-state index is 13.8. The van der Waals surface area contributed by atoms with Gasteiger partial charge in [0.2, 0.25) is 5.91 Å². The molecule has 0 aliphatic heterocycles. The number of ether oxygens (including phenoxy) is 1.